The number of pyridine rings is 1. The molecule has 1 aromatic carbocycles. The first-order valence-electron chi connectivity index (χ1n) is 8.63. The zero-order chi connectivity index (χ0) is 20.6. The maximum absolute atomic E-state index is 12.6. The van der Waals surface area contributed by atoms with E-state index in [-0.39, 0.29) is 28.9 Å². The van der Waals surface area contributed by atoms with Crippen molar-refractivity contribution >= 4 is 35.3 Å². The highest BCUT2D eigenvalue weighted by atomic mass is 35.5. The summed E-state index contributed by atoms with van der Waals surface area (Å²) in [5.74, 6) is -1.34. The SMILES string of the molecule is CCn1c(CN2CC(C)OC2=O)cc(=O)c(C(=O)O)c1-c1ccc(Cl)c(Cl)c1. The van der Waals surface area contributed by atoms with E-state index in [1.54, 1.807) is 23.6 Å². The fraction of sp³-hybridized carbons (Fsp3) is 0.316. The van der Waals surface area contributed by atoms with Crippen molar-refractivity contribution in [3.8, 4) is 11.3 Å². The van der Waals surface area contributed by atoms with Gasteiger partial charge in [-0.3, -0.25) is 9.69 Å². The van der Waals surface area contributed by atoms with Gasteiger partial charge in [0.1, 0.15) is 11.7 Å². The molecule has 1 saturated heterocycles. The highest BCUT2D eigenvalue weighted by Crippen LogP contribution is 2.31. The number of rotatable bonds is 5. The third kappa shape index (κ3) is 3.72. The molecule has 7 nitrogen and oxygen atoms in total. The van der Waals surface area contributed by atoms with E-state index in [0.717, 1.165) is 0 Å². The minimum atomic E-state index is -1.34. The molecule has 0 bridgehead atoms. The number of aromatic carboxylic acids is 1. The van der Waals surface area contributed by atoms with Gasteiger partial charge in [-0.1, -0.05) is 29.3 Å². The molecule has 0 saturated carbocycles. The normalized spacial score (nSPS) is 16.4. The van der Waals surface area contributed by atoms with Gasteiger partial charge in [0, 0.05) is 23.9 Å². The van der Waals surface area contributed by atoms with Gasteiger partial charge in [-0.25, -0.2) is 9.59 Å². The van der Waals surface area contributed by atoms with Crippen molar-refractivity contribution < 1.29 is 19.4 Å². The summed E-state index contributed by atoms with van der Waals surface area (Å²) in [5.41, 5.74) is 0.168. The van der Waals surface area contributed by atoms with Gasteiger partial charge < -0.3 is 14.4 Å². The Labute approximate surface area is 171 Å². The van der Waals surface area contributed by atoms with Crippen LogP contribution in [-0.2, 0) is 17.8 Å². The molecule has 1 aliphatic heterocycles. The summed E-state index contributed by atoms with van der Waals surface area (Å²) >= 11 is 12.1. The van der Waals surface area contributed by atoms with Crippen LogP contribution in [0.5, 0.6) is 0 Å². The third-order valence-corrected chi connectivity index (χ3v) is 5.25. The minimum absolute atomic E-state index is 0.125. The predicted octanol–water partition coefficient (Wildman–Crippen LogP) is 3.88. The lowest BCUT2D eigenvalue weighted by molar-refractivity contribution is 0.0695. The molecule has 148 valence electrons. The van der Waals surface area contributed by atoms with E-state index in [2.05, 4.69) is 0 Å². The fourth-order valence-corrected chi connectivity index (χ4v) is 3.63. The van der Waals surface area contributed by atoms with Crippen molar-refractivity contribution in [3.63, 3.8) is 0 Å². The van der Waals surface area contributed by atoms with Crippen molar-refractivity contribution in [2.24, 2.45) is 0 Å². The lowest BCUT2D eigenvalue weighted by Crippen LogP contribution is -2.30. The Balaban J connectivity index is 2.21. The maximum atomic E-state index is 12.6. The third-order valence-electron chi connectivity index (χ3n) is 4.51. The number of hydrogen-bond donors (Lipinski definition) is 1. The van der Waals surface area contributed by atoms with Crippen LogP contribution in [0.3, 0.4) is 0 Å². The van der Waals surface area contributed by atoms with Gasteiger partial charge in [0.25, 0.3) is 0 Å². The van der Waals surface area contributed by atoms with Crippen LogP contribution in [0, 0.1) is 0 Å². The van der Waals surface area contributed by atoms with Gasteiger partial charge >= 0.3 is 12.1 Å². The molecule has 0 radical (unpaired) electrons. The molecule has 1 fully saturated rings. The number of carbonyl (C=O) groups is 2. The van der Waals surface area contributed by atoms with E-state index in [4.69, 9.17) is 27.9 Å². The molecule has 1 aromatic heterocycles. The maximum Gasteiger partial charge on any atom is 0.410 e. The van der Waals surface area contributed by atoms with Crippen LogP contribution in [-0.4, -0.2) is 39.3 Å². The van der Waals surface area contributed by atoms with Crippen LogP contribution in [0.1, 0.15) is 29.9 Å². The van der Waals surface area contributed by atoms with Crippen molar-refractivity contribution in [3.05, 3.63) is 55.8 Å². The summed E-state index contributed by atoms with van der Waals surface area (Å²) in [6.07, 6.45) is -0.719. The highest BCUT2D eigenvalue weighted by Gasteiger charge is 2.30. The van der Waals surface area contributed by atoms with Crippen LogP contribution in [0.25, 0.3) is 11.3 Å². The molecule has 28 heavy (non-hydrogen) atoms. The van der Waals surface area contributed by atoms with E-state index >= 15 is 0 Å². The zero-order valence-corrected chi connectivity index (χ0v) is 16.8. The average Bonchev–Trinajstić information content (AvgIpc) is 2.93. The first-order chi connectivity index (χ1) is 13.2. The lowest BCUT2D eigenvalue weighted by Gasteiger charge is -2.22. The molecule has 3 rings (SSSR count). The van der Waals surface area contributed by atoms with Gasteiger partial charge in [-0.05, 0) is 26.0 Å². The first-order valence-corrected chi connectivity index (χ1v) is 9.39. The van der Waals surface area contributed by atoms with E-state index < -0.39 is 17.5 Å². The molecule has 1 N–H and O–H groups in total. The Morgan fingerprint density at radius 3 is 2.50 bits per heavy atom. The number of carboxylic acid groups (broad SMARTS) is 1. The second kappa shape index (κ2) is 7.85. The molecule has 0 spiro atoms. The van der Waals surface area contributed by atoms with Gasteiger partial charge in [0.2, 0.25) is 0 Å². The number of amides is 1. The van der Waals surface area contributed by atoms with Crippen LogP contribution in [0.15, 0.2) is 29.1 Å². The van der Waals surface area contributed by atoms with Gasteiger partial charge in [0.15, 0.2) is 5.43 Å². The minimum Gasteiger partial charge on any atom is -0.477 e. The molecular weight excluding hydrogens is 407 g/mol. The van der Waals surface area contributed by atoms with E-state index in [9.17, 15) is 19.5 Å². The van der Waals surface area contributed by atoms with Crippen LogP contribution < -0.4 is 5.43 Å². The Kier molecular flexibility index (Phi) is 5.67. The molecule has 1 amide bonds. The summed E-state index contributed by atoms with van der Waals surface area (Å²) in [5, 5.41) is 10.2. The second-order valence-electron chi connectivity index (χ2n) is 6.48. The van der Waals surface area contributed by atoms with Gasteiger partial charge in [-0.15, -0.1) is 0 Å². The number of carboxylic acids is 1. The van der Waals surface area contributed by atoms with E-state index in [0.29, 0.717) is 29.4 Å². The smallest absolute Gasteiger partial charge is 0.410 e. The summed E-state index contributed by atoms with van der Waals surface area (Å²) in [7, 11) is 0. The zero-order valence-electron chi connectivity index (χ0n) is 15.2. The first kappa shape index (κ1) is 20.2. The largest absolute Gasteiger partial charge is 0.477 e. The van der Waals surface area contributed by atoms with Gasteiger partial charge in [-0.2, -0.15) is 0 Å². The number of cyclic esters (lactones) is 1. The predicted molar refractivity (Wildman–Crippen MR) is 105 cm³/mol. The van der Waals surface area contributed by atoms with E-state index in [1.807, 2.05) is 6.92 Å². The molecule has 1 atom stereocenters. The van der Waals surface area contributed by atoms with Crippen LogP contribution in [0.2, 0.25) is 10.0 Å². The molecule has 1 unspecified atom stereocenters. The number of hydrogen-bond acceptors (Lipinski definition) is 4. The quantitative estimate of drug-likeness (QED) is 0.786. The Bertz CT molecular complexity index is 1020. The van der Waals surface area contributed by atoms with Crippen molar-refractivity contribution in [1.82, 2.24) is 9.47 Å². The number of nitrogens with zero attached hydrogens (tertiary/aromatic N) is 2. The second-order valence-corrected chi connectivity index (χ2v) is 7.29. The fourth-order valence-electron chi connectivity index (χ4n) is 3.33. The Hall–Kier alpha value is -2.51. The standard InChI is InChI=1S/C19H18Cl2N2O5/c1-3-23-12(9-22-8-10(2)28-19(22)27)7-15(24)16(18(25)26)17(23)11-4-5-13(20)14(21)6-11/h4-7,10H,3,8-9H2,1-2H3,(H,25,26). The highest BCUT2D eigenvalue weighted by molar-refractivity contribution is 6.42. The summed E-state index contributed by atoms with van der Waals surface area (Å²) in [6.45, 7) is 4.49. The molecule has 2 heterocycles. The van der Waals surface area contributed by atoms with Crippen LogP contribution in [0.4, 0.5) is 4.79 Å². The lowest BCUT2D eigenvalue weighted by atomic mass is 10.0. The topological polar surface area (TPSA) is 88.8 Å². The monoisotopic (exact) mass is 424 g/mol. The summed E-state index contributed by atoms with van der Waals surface area (Å²) in [4.78, 5) is 37.9. The Morgan fingerprint density at radius 1 is 1.25 bits per heavy atom. The number of aromatic nitrogens is 1. The summed E-state index contributed by atoms with van der Waals surface area (Å²) in [6, 6.07) is 5.93. The average molecular weight is 425 g/mol. The number of benzene rings is 1. The molecule has 9 heteroatoms. The Morgan fingerprint density at radius 2 is 1.96 bits per heavy atom. The number of ether oxygens (including phenoxy) is 1. The van der Waals surface area contributed by atoms with Gasteiger partial charge in [0.05, 0.1) is 28.8 Å². The number of carbonyl (C=O) groups excluding carboxylic acids is 1. The summed E-state index contributed by atoms with van der Waals surface area (Å²) < 4.78 is 6.82. The van der Waals surface area contributed by atoms with Crippen molar-refractivity contribution in [1.29, 1.82) is 0 Å². The molecule has 0 aliphatic carbocycles. The number of halogens is 2. The van der Waals surface area contributed by atoms with Crippen molar-refractivity contribution in [2.45, 2.75) is 33.0 Å². The van der Waals surface area contributed by atoms with E-state index in [1.165, 1.54) is 17.0 Å². The van der Waals surface area contributed by atoms with Crippen molar-refractivity contribution in [2.75, 3.05) is 6.54 Å². The van der Waals surface area contributed by atoms with Crippen LogP contribution >= 0.6 is 23.2 Å². The molecule has 1 aliphatic rings. The molecular formula is C19H18Cl2N2O5. The molecule has 2 aromatic rings.